The van der Waals surface area contributed by atoms with Crippen molar-refractivity contribution in [3.8, 4) is 0 Å². The highest BCUT2D eigenvalue weighted by molar-refractivity contribution is 6.30. The number of nitrogens with zero attached hydrogens (tertiary/aromatic N) is 1. The summed E-state index contributed by atoms with van der Waals surface area (Å²) in [6, 6.07) is 6.59. The van der Waals surface area contributed by atoms with Crippen LogP contribution in [0, 0.1) is 6.92 Å². The Hall–Kier alpha value is -2.01. The van der Waals surface area contributed by atoms with Crippen LogP contribution < -0.4 is 10.6 Å². The number of rotatable bonds is 2. The Balaban J connectivity index is 2.03. The predicted molar refractivity (Wildman–Crippen MR) is 67.4 cm³/mol. The molecule has 0 unspecified atom stereocenters. The molecule has 2 rings (SSSR count). The molecule has 0 aliphatic heterocycles. The van der Waals surface area contributed by atoms with E-state index in [-0.39, 0.29) is 6.03 Å². The number of nitrogens with one attached hydrogen (secondary N) is 3. The van der Waals surface area contributed by atoms with Crippen LogP contribution in [0.15, 0.2) is 30.5 Å². The molecule has 0 saturated heterocycles. The van der Waals surface area contributed by atoms with Crippen LogP contribution in [0.2, 0.25) is 5.02 Å². The van der Waals surface area contributed by atoms with Crippen molar-refractivity contribution in [2.45, 2.75) is 6.92 Å². The van der Waals surface area contributed by atoms with E-state index in [1.807, 2.05) is 6.92 Å². The van der Waals surface area contributed by atoms with Gasteiger partial charge in [0.05, 0.1) is 6.20 Å². The minimum Gasteiger partial charge on any atom is -0.307 e. The van der Waals surface area contributed by atoms with Gasteiger partial charge in [0.2, 0.25) is 0 Å². The average Bonchev–Trinajstić information content (AvgIpc) is 2.75. The molecule has 1 heterocycles. The first-order valence-corrected chi connectivity index (χ1v) is 5.36. The second kappa shape index (κ2) is 4.88. The summed E-state index contributed by atoms with van der Waals surface area (Å²) in [5.41, 5.74) is 1.61. The lowest BCUT2D eigenvalue weighted by atomic mass is 10.2. The number of amides is 2. The number of aryl methyl sites for hydroxylation is 1. The summed E-state index contributed by atoms with van der Waals surface area (Å²) in [6.07, 6.45) is 1.56. The predicted octanol–water partition coefficient (Wildman–Crippen LogP) is 3.02. The van der Waals surface area contributed by atoms with Gasteiger partial charge in [0, 0.05) is 16.8 Å². The van der Waals surface area contributed by atoms with Gasteiger partial charge in [0.25, 0.3) is 0 Å². The lowest BCUT2D eigenvalue weighted by Crippen LogP contribution is -2.20. The number of aromatic nitrogens is 2. The third-order valence-electron chi connectivity index (χ3n) is 2.19. The molecule has 2 amide bonds. The molecule has 5 nitrogen and oxygen atoms in total. The molecule has 3 N–H and O–H groups in total. The van der Waals surface area contributed by atoms with Gasteiger partial charge in [-0.3, -0.25) is 10.4 Å². The molecule has 0 bridgehead atoms. The van der Waals surface area contributed by atoms with Crippen LogP contribution in [0.25, 0.3) is 0 Å². The smallest absolute Gasteiger partial charge is 0.307 e. The van der Waals surface area contributed by atoms with E-state index >= 15 is 0 Å². The molecule has 0 radical (unpaired) electrons. The van der Waals surface area contributed by atoms with Crippen molar-refractivity contribution in [2.75, 3.05) is 10.6 Å². The molecule has 2 aromatic rings. The van der Waals surface area contributed by atoms with Crippen LogP contribution in [0.3, 0.4) is 0 Å². The summed E-state index contributed by atoms with van der Waals surface area (Å²) in [5.74, 6) is 0.536. The zero-order valence-corrected chi connectivity index (χ0v) is 9.88. The highest BCUT2D eigenvalue weighted by atomic mass is 35.5. The van der Waals surface area contributed by atoms with Crippen molar-refractivity contribution in [2.24, 2.45) is 0 Å². The highest BCUT2D eigenvalue weighted by Gasteiger charge is 2.05. The number of aromatic amines is 1. The molecule has 0 spiro atoms. The first-order valence-electron chi connectivity index (χ1n) is 4.98. The number of halogens is 1. The monoisotopic (exact) mass is 250 g/mol. The van der Waals surface area contributed by atoms with Crippen molar-refractivity contribution < 1.29 is 4.79 Å². The number of carbonyl (C=O) groups is 1. The van der Waals surface area contributed by atoms with Crippen LogP contribution in [0.5, 0.6) is 0 Å². The van der Waals surface area contributed by atoms with Crippen molar-refractivity contribution >= 4 is 29.1 Å². The van der Waals surface area contributed by atoms with E-state index in [4.69, 9.17) is 11.6 Å². The van der Waals surface area contributed by atoms with E-state index in [2.05, 4.69) is 20.8 Å². The minimum atomic E-state index is -0.334. The van der Waals surface area contributed by atoms with E-state index in [1.165, 1.54) is 0 Å². The molecule has 88 valence electrons. The Bertz CT molecular complexity index is 524. The van der Waals surface area contributed by atoms with Gasteiger partial charge in [-0.25, -0.2) is 4.79 Å². The van der Waals surface area contributed by atoms with Crippen molar-refractivity contribution in [3.05, 3.63) is 41.0 Å². The summed E-state index contributed by atoms with van der Waals surface area (Å²) < 4.78 is 0. The molecule has 1 aromatic carbocycles. The van der Waals surface area contributed by atoms with E-state index in [0.29, 0.717) is 16.5 Å². The highest BCUT2D eigenvalue weighted by Crippen LogP contribution is 2.19. The fourth-order valence-electron chi connectivity index (χ4n) is 1.37. The van der Waals surface area contributed by atoms with E-state index in [0.717, 1.165) is 5.56 Å². The minimum absolute atomic E-state index is 0.334. The Morgan fingerprint density at radius 2 is 2.18 bits per heavy atom. The van der Waals surface area contributed by atoms with Gasteiger partial charge in [-0.2, -0.15) is 5.10 Å². The number of hydrogen-bond acceptors (Lipinski definition) is 2. The topological polar surface area (TPSA) is 69.8 Å². The molecule has 1 aromatic heterocycles. The summed E-state index contributed by atoms with van der Waals surface area (Å²) in [6.45, 7) is 1.87. The quantitative estimate of drug-likeness (QED) is 0.767. The van der Waals surface area contributed by atoms with Crippen molar-refractivity contribution in [3.63, 3.8) is 0 Å². The summed E-state index contributed by atoms with van der Waals surface area (Å²) in [4.78, 5) is 11.6. The maximum absolute atomic E-state index is 11.6. The van der Waals surface area contributed by atoms with Gasteiger partial charge < -0.3 is 5.32 Å². The van der Waals surface area contributed by atoms with Gasteiger partial charge in [-0.15, -0.1) is 0 Å². The number of H-pyrrole nitrogens is 1. The largest absolute Gasteiger partial charge is 0.324 e. The third-order valence-corrected chi connectivity index (χ3v) is 2.42. The van der Waals surface area contributed by atoms with E-state index in [9.17, 15) is 4.79 Å². The Kier molecular flexibility index (Phi) is 3.30. The standard InChI is InChI=1S/C11H11ClN4O/c1-7-6-8(12)2-3-9(7)14-11(17)15-10-4-5-13-16-10/h2-6H,1H3,(H3,13,14,15,16,17). The average molecular weight is 251 g/mol. The number of hydrogen-bond donors (Lipinski definition) is 3. The molecule has 0 atom stereocenters. The SMILES string of the molecule is Cc1cc(Cl)ccc1NC(=O)Nc1ccn[nH]1. The fourth-order valence-corrected chi connectivity index (χ4v) is 1.60. The second-order valence-electron chi connectivity index (χ2n) is 3.51. The van der Waals surface area contributed by atoms with Gasteiger partial charge in [-0.1, -0.05) is 11.6 Å². The molecular formula is C11H11ClN4O. The number of anilines is 2. The van der Waals surface area contributed by atoms with Crippen LogP contribution in [-0.2, 0) is 0 Å². The van der Waals surface area contributed by atoms with Crippen LogP contribution in [0.1, 0.15) is 5.56 Å². The van der Waals surface area contributed by atoms with Gasteiger partial charge in [-0.05, 0) is 30.7 Å². The van der Waals surface area contributed by atoms with Gasteiger partial charge in [0.15, 0.2) is 0 Å². The maximum Gasteiger partial charge on any atom is 0.324 e. The molecule has 0 aliphatic rings. The Labute approximate surface area is 103 Å². The molecule has 0 aliphatic carbocycles. The molecule has 0 fully saturated rings. The van der Waals surface area contributed by atoms with Crippen LogP contribution >= 0.6 is 11.6 Å². The maximum atomic E-state index is 11.6. The molecular weight excluding hydrogens is 240 g/mol. The zero-order valence-electron chi connectivity index (χ0n) is 9.12. The number of carbonyl (C=O) groups excluding carboxylic acids is 1. The van der Waals surface area contributed by atoms with Crippen molar-refractivity contribution in [1.82, 2.24) is 10.2 Å². The Morgan fingerprint density at radius 3 is 2.82 bits per heavy atom. The molecule has 17 heavy (non-hydrogen) atoms. The van der Waals surface area contributed by atoms with E-state index in [1.54, 1.807) is 30.5 Å². The third kappa shape index (κ3) is 2.98. The lowest BCUT2D eigenvalue weighted by Gasteiger charge is -2.08. The van der Waals surface area contributed by atoms with Gasteiger partial charge in [0.1, 0.15) is 5.82 Å². The Morgan fingerprint density at radius 1 is 1.35 bits per heavy atom. The van der Waals surface area contributed by atoms with E-state index < -0.39 is 0 Å². The zero-order chi connectivity index (χ0) is 12.3. The molecule has 0 saturated carbocycles. The second-order valence-corrected chi connectivity index (χ2v) is 3.95. The number of benzene rings is 1. The molecule has 6 heteroatoms. The van der Waals surface area contributed by atoms with Crippen molar-refractivity contribution in [1.29, 1.82) is 0 Å². The van der Waals surface area contributed by atoms with Crippen LogP contribution in [-0.4, -0.2) is 16.2 Å². The number of urea groups is 1. The van der Waals surface area contributed by atoms with Crippen LogP contribution in [0.4, 0.5) is 16.3 Å². The summed E-state index contributed by atoms with van der Waals surface area (Å²) in [7, 11) is 0. The lowest BCUT2D eigenvalue weighted by molar-refractivity contribution is 0.262. The summed E-state index contributed by atoms with van der Waals surface area (Å²) >= 11 is 5.83. The normalized spacial score (nSPS) is 10.0. The first-order chi connectivity index (χ1) is 8.15. The first kappa shape index (κ1) is 11.5. The summed E-state index contributed by atoms with van der Waals surface area (Å²) in [5, 5.41) is 12.3. The van der Waals surface area contributed by atoms with Gasteiger partial charge >= 0.3 is 6.03 Å². The fraction of sp³-hybridized carbons (Fsp3) is 0.0909.